The molecule has 0 bridgehead atoms. The molecule has 2 aliphatic carbocycles. The van der Waals surface area contributed by atoms with Gasteiger partial charge >= 0.3 is 296 Å². The van der Waals surface area contributed by atoms with Gasteiger partial charge < -0.3 is 0 Å². The van der Waals surface area contributed by atoms with E-state index in [9.17, 15) is 9.53 Å². The average Bonchev–Trinajstić information content (AvgIpc) is 3.15. The zero-order chi connectivity index (χ0) is 35.9. The number of nitrogens with two attached hydrogens (primary N) is 1. The van der Waals surface area contributed by atoms with E-state index < -0.39 is 26.7 Å². The van der Waals surface area contributed by atoms with Crippen molar-refractivity contribution in [3.8, 4) is 0 Å². The number of rotatable bonds is 13. The molecule has 3 nitrogen and oxygen atoms in total. The SMILES string of the molecule is C[O][Pd]([Cl])([O]C)([c]1ccccc1)([c]1ccccc1)([c]1ccccc1CCN)([CH](C)C)([CH](C)C)([CH](C)C)[P](C1CCCCC1)C1CCCCC1. The summed E-state index contributed by atoms with van der Waals surface area (Å²) in [5, 5.41) is 0. The zero-order valence-corrected chi connectivity index (χ0v) is 35.2. The first-order valence-corrected chi connectivity index (χ1v) is 30.6. The second kappa shape index (κ2) is 9.53. The molecule has 0 unspecified atom stereocenters. The molecular formula is C43H69ClNO2PPd. The Labute approximate surface area is 294 Å². The average molecular weight is 805 g/mol. The molecule has 2 N–H and O–H groups in total. The maximum absolute atomic E-state index is 11.2. The maximum atomic E-state index is 11.2. The van der Waals surface area contributed by atoms with E-state index in [1.165, 1.54) is 38.5 Å². The second-order valence-corrected chi connectivity index (χ2v) is 61.4. The molecule has 2 saturated carbocycles. The van der Waals surface area contributed by atoms with Crippen LogP contribution in [0, 0.1) is 0 Å². The summed E-state index contributed by atoms with van der Waals surface area (Å²) in [6, 6.07) is 31.6. The molecule has 5 rings (SSSR count). The van der Waals surface area contributed by atoms with E-state index in [0.717, 1.165) is 43.4 Å². The van der Waals surface area contributed by atoms with Crippen LogP contribution in [0.3, 0.4) is 0 Å². The molecule has 0 atom stereocenters. The van der Waals surface area contributed by atoms with Crippen molar-refractivity contribution >= 4 is 27.7 Å². The molecule has 0 amide bonds. The standard InChI is InChI=1S/C12H22P.C8H10N.2C6H5.3C3H7.2CH3O.ClH.Pd/c1-3-7-11(8-4-1)13-12-9-5-2-6-10-12;9-7-6-8-4-2-1-3-5-8;2*1-2-4-6-5-3-1;3*1-3-2;2*1-2;;/h11-12H,1-10H2;1-4H,6-7,9H2;2*1-5H;3*3H,1-2H3;2*1H3;1H;/q-1;;;;;;;2*-1;;+4/p-1. The molecule has 2 fully saturated rings. The molecule has 0 heterocycles. The Hall–Kier alpha value is -1.08. The van der Waals surface area contributed by atoms with Crippen molar-refractivity contribution in [3.63, 3.8) is 0 Å². The van der Waals surface area contributed by atoms with Gasteiger partial charge in [-0.3, -0.25) is 0 Å². The second-order valence-electron chi connectivity index (χ2n) is 16.0. The first kappa shape index (κ1) is 39.1. The van der Waals surface area contributed by atoms with Gasteiger partial charge in [0.2, 0.25) is 0 Å². The molecule has 6 heteroatoms. The summed E-state index contributed by atoms with van der Waals surface area (Å²) in [4.78, 5) is 0. The molecule has 0 radical (unpaired) electrons. The summed E-state index contributed by atoms with van der Waals surface area (Å²) in [5.41, 5.74) is 8.36. The van der Waals surface area contributed by atoms with Crippen LogP contribution in [0.2, 0.25) is 13.2 Å². The first-order chi connectivity index (χ1) is 23.1. The van der Waals surface area contributed by atoms with Crippen LogP contribution < -0.4 is 17.8 Å². The fraction of sp³-hybridized carbons (Fsp3) is 0.581. The summed E-state index contributed by atoms with van der Waals surface area (Å²) >= 11 is 0. The molecule has 2 aliphatic rings. The van der Waals surface area contributed by atoms with Crippen molar-refractivity contribution in [2.24, 2.45) is 5.73 Å². The van der Waals surface area contributed by atoms with E-state index in [1.807, 2.05) is 14.2 Å². The van der Waals surface area contributed by atoms with Crippen molar-refractivity contribution in [3.05, 3.63) is 90.5 Å². The molecule has 3 aromatic rings. The van der Waals surface area contributed by atoms with Crippen LogP contribution in [0.25, 0.3) is 0 Å². The Bertz CT molecular complexity index is 1740. The van der Waals surface area contributed by atoms with Crippen molar-refractivity contribution in [2.45, 2.75) is 137 Å². The summed E-state index contributed by atoms with van der Waals surface area (Å²) in [5.74, 6) is 0. The van der Waals surface area contributed by atoms with Gasteiger partial charge in [-0.05, 0) is 0 Å². The van der Waals surface area contributed by atoms with Gasteiger partial charge in [0.25, 0.3) is 0 Å². The van der Waals surface area contributed by atoms with Gasteiger partial charge in [-0.1, -0.05) is 0 Å². The molecule has 0 saturated heterocycles. The van der Waals surface area contributed by atoms with Gasteiger partial charge in [0.15, 0.2) is 0 Å². The van der Waals surface area contributed by atoms with E-state index in [1.54, 1.807) is 0 Å². The van der Waals surface area contributed by atoms with Gasteiger partial charge in [0.05, 0.1) is 0 Å². The Morgan fingerprint density at radius 1 is 0.612 bits per heavy atom. The van der Waals surface area contributed by atoms with Crippen molar-refractivity contribution in [2.75, 3.05) is 20.8 Å². The molecule has 0 spiro atoms. The number of benzene rings is 3. The Morgan fingerprint density at radius 3 is 1.33 bits per heavy atom. The summed E-state index contributed by atoms with van der Waals surface area (Å²) in [7, 11) is 6.23. The predicted octanol–water partition coefficient (Wildman–Crippen LogP) is 11.7. The monoisotopic (exact) mass is 803 g/mol. The van der Waals surface area contributed by atoms with Crippen LogP contribution in [0.1, 0.15) is 111 Å². The van der Waals surface area contributed by atoms with E-state index >= 15 is 0 Å². The summed E-state index contributed by atoms with van der Waals surface area (Å²) in [6.45, 7) is 15.0. The number of hydrogen-bond acceptors (Lipinski definition) is 3. The van der Waals surface area contributed by atoms with Crippen LogP contribution in [0.4, 0.5) is 0 Å². The zero-order valence-electron chi connectivity index (χ0n) is 32.0. The van der Waals surface area contributed by atoms with E-state index in [0.29, 0.717) is 13.0 Å². The third kappa shape index (κ3) is 2.44. The van der Waals surface area contributed by atoms with E-state index in [-0.39, 0.29) is 11.3 Å². The number of halogens is 1. The molecule has 280 valence electrons. The third-order valence-electron chi connectivity index (χ3n) is 15.5. The summed E-state index contributed by atoms with van der Waals surface area (Å²) in [6.07, 6.45) is 10.8. The fourth-order valence-corrected chi connectivity index (χ4v) is 90.3. The Morgan fingerprint density at radius 2 is 0.980 bits per heavy atom. The predicted molar refractivity (Wildman–Crippen MR) is 217 cm³/mol. The number of hydrogen-bond donors (Lipinski definition) is 1. The molecular weight excluding hydrogens is 735 g/mol. The van der Waals surface area contributed by atoms with Crippen molar-refractivity contribution in [1.82, 2.24) is 0 Å². The molecule has 3 aromatic carbocycles. The van der Waals surface area contributed by atoms with Crippen LogP contribution in [-0.2, 0) is 20.8 Å². The van der Waals surface area contributed by atoms with Crippen LogP contribution >= 0.6 is 15.6 Å². The normalized spacial score (nSPS) is 22.8. The van der Waals surface area contributed by atoms with Crippen LogP contribution in [0.15, 0.2) is 84.9 Å². The molecule has 49 heavy (non-hydrogen) atoms. The fourth-order valence-electron chi connectivity index (χ4n) is 13.0. The van der Waals surface area contributed by atoms with Crippen molar-refractivity contribution < 1.29 is 14.4 Å². The minimum absolute atomic E-state index is 0.279. The van der Waals surface area contributed by atoms with Crippen molar-refractivity contribution in [1.29, 1.82) is 0 Å². The van der Waals surface area contributed by atoms with Gasteiger partial charge in [0.1, 0.15) is 0 Å². The molecule has 0 aliphatic heterocycles. The van der Waals surface area contributed by atoms with Gasteiger partial charge in [-0.2, -0.15) is 0 Å². The topological polar surface area (TPSA) is 44.5 Å². The van der Waals surface area contributed by atoms with Gasteiger partial charge in [-0.25, -0.2) is 0 Å². The van der Waals surface area contributed by atoms with Gasteiger partial charge in [0, 0.05) is 0 Å². The molecule has 0 aromatic heterocycles. The third-order valence-corrected chi connectivity index (χ3v) is 96.1. The summed E-state index contributed by atoms with van der Waals surface area (Å²) < 4.78 is 19.7. The van der Waals surface area contributed by atoms with Crippen LogP contribution in [0.5, 0.6) is 0 Å². The Kier molecular flexibility index (Phi) is 7.61. The minimum atomic E-state index is -8.96. The quantitative estimate of drug-likeness (QED) is 0.138. The van der Waals surface area contributed by atoms with E-state index in [4.69, 9.17) is 12.7 Å². The van der Waals surface area contributed by atoms with Crippen LogP contribution in [-0.4, -0.2) is 32.1 Å². The van der Waals surface area contributed by atoms with E-state index in [2.05, 4.69) is 126 Å². The first-order valence-electron chi connectivity index (χ1n) is 18.9. The Balaban J connectivity index is 2.63. The van der Waals surface area contributed by atoms with Gasteiger partial charge in [-0.15, -0.1) is 0 Å².